The minimum absolute atomic E-state index is 0.0828. The van der Waals surface area contributed by atoms with Crippen molar-refractivity contribution in [1.82, 2.24) is 0 Å². The molecule has 0 radical (unpaired) electrons. The van der Waals surface area contributed by atoms with E-state index in [9.17, 15) is 9.90 Å². The van der Waals surface area contributed by atoms with Crippen LogP contribution in [0.3, 0.4) is 0 Å². The second kappa shape index (κ2) is 5.00. The van der Waals surface area contributed by atoms with Crippen LogP contribution in [0.25, 0.3) is 11.1 Å². The molecule has 3 N–H and O–H groups in total. The number of amides is 1. The van der Waals surface area contributed by atoms with E-state index in [-0.39, 0.29) is 11.3 Å². The minimum atomic E-state index is -0.674. The van der Waals surface area contributed by atoms with Gasteiger partial charge in [-0.25, -0.2) is 0 Å². The fourth-order valence-corrected chi connectivity index (χ4v) is 2.32. The predicted molar refractivity (Wildman–Crippen MR) is 74.8 cm³/mol. The summed E-state index contributed by atoms with van der Waals surface area (Å²) in [6.07, 6.45) is 0. The van der Waals surface area contributed by atoms with Gasteiger partial charge in [-0.2, -0.15) is 0 Å². The Kier molecular flexibility index (Phi) is 3.59. The van der Waals surface area contributed by atoms with Crippen LogP contribution in [0.5, 0.6) is 5.75 Å². The van der Waals surface area contributed by atoms with Crippen molar-refractivity contribution in [3.63, 3.8) is 0 Å². The first-order valence-electron chi connectivity index (χ1n) is 5.08. The van der Waals surface area contributed by atoms with Crippen molar-refractivity contribution in [1.29, 1.82) is 0 Å². The molecular weight excluding hydrogens is 318 g/mol. The number of hydrogen-bond donors (Lipinski definition) is 2. The number of primary amides is 1. The van der Waals surface area contributed by atoms with Crippen LogP contribution < -0.4 is 5.73 Å². The van der Waals surface area contributed by atoms with Crippen LogP contribution in [0.15, 0.2) is 40.9 Å². The van der Waals surface area contributed by atoms with Gasteiger partial charge in [0.05, 0.1) is 10.6 Å². The SMILES string of the molecule is NC(=O)c1cccc(-c2cccc(Cl)c2Br)c1O. The van der Waals surface area contributed by atoms with Gasteiger partial charge in [0.1, 0.15) is 5.75 Å². The minimum Gasteiger partial charge on any atom is -0.506 e. The van der Waals surface area contributed by atoms with E-state index in [0.29, 0.717) is 20.6 Å². The highest BCUT2D eigenvalue weighted by molar-refractivity contribution is 9.10. The highest BCUT2D eigenvalue weighted by atomic mass is 79.9. The molecular formula is C13H9BrClNO2. The molecule has 0 bridgehead atoms. The summed E-state index contributed by atoms with van der Waals surface area (Å²) in [5.74, 6) is -0.819. The molecule has 18 heavy (non-hydrogen) atoms. The molecule has 1 amide bonds. The molecule has 2 aromatic rings. The fraction of sp³-hybridized carbons (Fsp3) is 0. The molecule has 0 fully saturated rings. The maximum absolute atomic E-state index is 11.2. The first-order valence-corrected chi connectivity index (χ1v) is 6.25. The Labute approximate surface area is 117 Å². The van der Waals surface area contributed by atoms with Gasteiger partial charge in [0, 0.05) is 15.6 Å². The lowest BCUT2D eigenvalue weighted by molar-refractivity contribution is 0.0998. The topological polar surface area (TPSA) is 63.3 Å². The van der Waals surface area contributed by atoms with E-state index in [1.54, 1.807) is 30.3 Å². The maximum Gasteiger partial charge on any atom is 0.252 e. The zero-order chi connectivity index (χ0) is 13.3. The third-order valence-electron chi connectivity index (χ3n) is 2.54. The van der Waals surface area contributed by atoms with Crippen molar-refractivity contribution in [2.45, 2.75) is 0 Å². The first kappa shape index (κ1) is 12.9. The zero-order valence-electron chi connectivity index (χ0n) is 9.15. The van der Waals surface area contributed by atoms with Crippen molar-refractivity contribution in [3.05, 3.63) is 51.5 Å². The van der Waals surface area contributed by atoms with Gasteiger partial charge in [0.2, 0.25) is 0 Å². The summed E-state index contributed by atoms with van der Waals surface area (Å²) in [4.78, 5) is 11.2. The summed E-state index contributed by atoms with van der Waals surface area (Å²) >= 11 is 9.35. The molecule has 2 rings (SSSR count). The van der Waals surface area contributed by atoms with Gasteiger partial charge in [-0.15, -0.1) is 0 Å². The van der Waals surface area contributed by atoms with Crippen LogP contribution in [-0.4, -0.2) is 11.0 Å². The number of nitrogens with two attached hydrogens (primary N) is 1. The summed E-state index contributed by atoms with van der Waals surface area (Å²) in [5, 5.41) is 10.6. The van der Waals surface area contributed by atoms with Crippen LogP contribution in [-0.2, 0) is 0 Å². The van der Waals surface area contributed by atoms with Crippen LogP contribution in [0.1, 0.15) is 10.4 Å². The van der Waals surface area contributed by atoms with Crippen LogP contribution in [0, 0.1) is 0 Å². The summed E-state index contributed by atoms with van der Waals surface area (Å²) in [6.45, 7) is 0. The monoisotopic (exact) mass is 325 g/mol. The number of carbonyl (C=O) groups excluding carboxylic acids is 1. The average Bonchev–Trinajstić information content (AvgIpc) is 2.33. The number of para-hydroxylation sites is 1. The molecule has 92 valence electrons. The summed E-state index contributed by atoms with van der Waals surface area (Å²) in [6, 6.07) is 10.1. The quantitative estimate of drug-likeness (QED) is 0.886. The fourth-order valence-electron chi connectivity index (χ4n) is 1.67. The maximum atomic E-state index is 11.2. The van der Waals surface area contributed by atoms with Crippen molar-refractivity contribution in [3.8, 4) is 16.9 Å². The lowest BCUT2D eigenvalue weighted by Crippen LogP contribution is -2.11. The van der Waals surface area contributed by atoms with E-state index >= 15 is 0 Å². The predicted octanol–water partition coefficient (Wildman–Crippen LogP) is 3.57. The molecule has 0 heterocycles. The highest BCUT2D eigenvalue weighted by Crippen LogP contribution is 2.39. The lowest BCUT2D eigenvalue weighted by Gasteiger charge is -2.10. The Morgan fingerprint density at radius 3 is 2.44 bits per heavy atom. The highest BCUT2D eigenvalue weighted by Gasteiger charge is 2.15. The molecule has 3 nitrogen and oxygen atoms in total. The first-order chi connectivity index (χ1) is 8.52. The molecule has 2 aromatic carbocycles. The van der Waals surface area contributed by atoms with Crippen LogP contribution >= 0.6 is 27.5 Å². The van der Waals surface area contributed by atoms with Gasteiger partial charge in [-0.05, 0) is 28.1 Å². The molecule has 0 aliphatic carbocycles. The Balaban J connectivity index is 2.69. The Hall–Kier alpha value is -1.52. The molecule has 0 saturated carbocycles. The molecule has 0 unspecified atom stereocenters. The van der Waals surface area contributed by atoms with Gasteiger partial charge in [-0.1, -0.05) is 35.9 Å². The number of halogens is 2. The summed E-state index contributed by atoms with van der Waals surface area (Å²) < 4.78 is 0.656. The zero-order valence-corrected chi connectivity index (χ0v) is 11.5. The van der Waals surface area contributed by atoms with Crippen molar-refractivity contribution in [2.24, 2.45) is 5.73 Å². The summed E-state index contributed by atoms with van der Waals surface area (Å²) in [5.41, 5.74) is 6.47. The molecule has 0 aliphatic heterocycles. The van der Waals surface area contributed by atoms with E-state index in [4.69, 9.17) is 17.3 Å². The number of rotatable bonds is 2. The standard InChI is InChI=1S/C13H9BrClNO2/c14-11-7(3-2-6-10(11)15)8-4-1-5-9(12(8)17)13(16)18/h1-6,17H,(H2,16,18). The lowest BCUT2D eigenvalue weighted by atomic mass is 10.0. The summed E-state index contributed by atoms with van der Waals surface area (Å²) in [7, 11) is 0. The third kappa shape index (κ3) is 2.21. The van der Waals surface area contributed by atoms with Crippen LogP contribution in [0.2, 0.25) is 5.02 Å². The number of carbonyl (C=O) groups is 1. The van der Waals surface area contributed by atoms with Gasteiger partial charge in [-0.3, -0.25) is 4.79 Å². The van der Waals surface area contributed by atoms with Crippen molar-refractivity contribution in [2.75, 3.05) is 0 Å². The molecule has 0 saturated heterocycles. The van der Waals surface area contributed by atoms with E-state index in [0.717, 1.165) is 0 Å². The van der Waals surface area contributed by atoms with E-state index < -0.39 is 5.91 Å². The smallest absolute Gasteiger partial charge is 0.252 e. The molecule has 5 heteroatoms. The molecule has 0 aliphatic rings. The van der Waals surface area contributed by atoms with Crippen molar-refractivity contribution < 1.29 is 9.90 Å². The number of benzene rings is 2. The van der Waals surface area contributed by atoms with E-state index in [1.807, 2.05) is 0 Å². The number of aromatic hydroxyl groups is 1. The van der Waals surface area contributed by atoms with Gasteiger partial charge in [0.25, 0.3) is 5.91 Å². The normalized spacial score (nSPS) is 10.3. The van der Waals surface area contributed by atoms with E-state index in [2.05, 4.69) is 15.9 Å². The molecule has 0 spiro atoms. The molecule has 0 atom stereocenters. The molecule has 0 aromatic heterocycles. The second-order valence-electron chi connectivity index (χ2n) is 3.67. The van der Waals surface area contributed by atoms with Crippen molar-refractivity contribution >= 4 is 33.4 Å². The Morgan fingerprint density at radius 1 is 1.17 bits per heavy atom. The number of hydrogen-bond acceptors (Lipinski definition) is 2. The number of phenols is 1. The van der Waals surface area contributed by atoms with Gasteiger partial charge in [0.15, 0.2) is 0 Å². The van der Waals surface area contributed by atoms with E-state index in [1.165, 1.54) is 6.07 Å². The van der Waals surface area contributed by atoms with Gasteiger partial charge < -0.3 is 10.8 Å². The van der Waals surface area contributed by atoms with Crippen LogP contribution in [0.4, 0.5) is 0 Å². The second-order valence-corrected chi connectivity index (χ2v) is 4.87. The largest absolute Gasteiger partial charge is 0.506 e. The Morgan fingerprint density at radius 2 is 1.78 bits per heavy atom. The van der Waals surface area contributed by atoms with Gasteiger partial charge >= 0.3 is 0 Å². The average molecular weight is 327 g/mol. The third-order valence-corrected chi connectivity index (χ3v) is 3.94. The Bertz CT molecular complexity index is 628.